The molecule has 0 aliphatic rings. The first-order valence-electron chi connectivity index (χ1n) is 6.14. The van der Waals surface area contributed by atoms with Crippen molar-refractivity contribution in [2.24, 2.45) is 0 Å². The molecule has 106 valence electrons. The smallest absolute Gasteiger partial charge is 0.346 e. The molecule has 5 nitrogen and oxygen atoms in total. The molecule has 0 unspecified atom stereocenters. The number of carbonyl (C=O) groups excluding carboxylic acids is 2. The number of esters is 2. The van der Waals surface area contributed by atoms with Gasteiger partial charge in [0.15, 0.2) is 0 Å². The highest BCUT2D eigenvalue weighted by atomic mass is 16.6. The molecule has 0 fully saturated rings. The third kappa shape index (κ3) is 3.54. The molecule has 2 aromatic carbocycles. The van der Waals surface area contributed by atoms with Crippen LogP contribution in [0.25, 0.3) is 0 Å². The minimum Gasteiger partial charge on any atom is -0.478 e. The summed E-state index contributed by atoms with van der Waals surface area (Å²) in [5.74, 6) is -2.82. The Morgan fingerprint density at radius 3 is 2.05 bits per heavy atom. The number of carboxylic acids is 1. The van der Waals surface area contributed by atoms with Crippen molar-refractivity contribution in [3.63, 3.8) is 0 Å². The molecular weight excluding hydrogens is 272 g/mol. The van der Waals surface area contributed by atoms with E-state index in [0.29, 0.717) is 0 Å². The molecule has 0 heterocycles. The lowest BCUT2D eigenvalue weighted by Gasteiger charge is -2.04. The van der Waals surface area contributed by atoms with E-state index in [2.05, 4.69) is 0 Å². The number of hydrogen-bond acceptors (Lipinski definition) is 4. The van der Waals surface area contributed by atoms with Gasteiger partial charge in [-0.25, -0.2) is 14.4 Å². The summed E-state index contributed by atoms with van der Waals surface area (Å²) in [7, 11) is 0. The normalized spacial score (nSPS) is 9.95. The second kappa shape index (κ2) is 6.00. The molecule has 0 radical (unpaired) electrons. The molecule has 0 bridgehead atoms. The fraction of sp³-hybridized carbons (Fsp3) is 0.0625. The van der Waals surface area contributed by atoms with E-state index in [1.807, 2.05) is 6.92 Å². The number of carbonyl (C=O) groups is 3. The maximum Gasteiger partial charge on any atom is 0.346 e. The summed E-state index contributed by atoms with van der Waals surface area (Å²) >= 11 is 0. The summed E-state index contributed by atoms with van der Waals surface area (Å²) in [6.45, 7) is 1.87. The molecule has 0 spiro atoms. The second-order valence-electron chi connectivity index (χ2n) is 4.43. The Bertz CT molecular complexity index is 701. The van der Waals surface area contributed by atoms with E-state index in [9.17, 15) is 14.4 Å². The topological polar surface area (TPSA) is 80.7 Å². The van der Waals surface area contributed by atoms with Gasteiger partial charge in [0.25, 0.3) is 0 Å². The number of aromatic carboxylic acids is 1. The number of benzene rings is 2. The minimum atomic E-state index is -1.16. The Morgan fingerprint density at radius 2 is 1.43 bits per heavy atom. The lowest BCUT2D eigenvalue weighted by atomic mass is 10.1. The highest BCUT2D eigenvalue weighted by Crippen LogP contribution is 2.10. The Labute approximate surface area is 120 Å². The maximum absolute atomic E-state index is 11.8. The van der Waals surface area contributed by atoms with Crippen molar-refractivity contribution in [3.8, 4) is 0 Å². The van der Waals surface area contributed by atoms with Crippen LogP contribution in [0.3, 0.4) is 0 Å². The molecule has 0 aliphatic heterocycles. The van der Waals surface area contributed by atoms with Gasteiger partial charge >= 0.3 is 17.9 Å². The van der Waals surface area contributed by atoms with E-state index in [4.69, 9.17) is 9.84 Å². The number of aryl methyl sites for hydroxylation is 1. The van der Waals surface area contributed by atoms with E-state index >= 15 is 0 Å². The summed E-state index contributed by atoms with van der Waals surface area (Å²) in [5, 5.41) is 8.86. The average molecular weight is 284 g/mol. The van der Waals surface area contributed by atoms with Crippen LogP contribution in [-0.2, 0) is 4.74 Å². The zero-order valence-corrected chi connectivity index (χ0v) is 11.2. The number of hydrogen-bond donors (Lipinski definition) is 1. The van der Waals surface area contributed by atoms with E-state index in [1.165, 1.54) is 18.2 Å². The molecule has 0 amide bonds. The monoisotopic (exact) mass is 284 g/mol. The predicted octanol–water partition coefficient (Wildman–Crippen LogP) is 2.69. The molecule has 21 heavy (non-hydrogen) atoms. The molecule has 0 aliphatic carbocycles. The summed E-state index contributed by atoms with van der Waals surface area (Å²) in [6, 6.07) is 11.9. The maximum atomic E-state index is 11.8. The van der Waals surface area contributed by atoms with Gasteiger partial charge in [0.1, 0.15) is 0 Å². The zero-order chi connectivity index (χ0) is 15.4. The SMILES string of the molecule is Cc1ccc(C(=O)OC(=O)c2cccc(C(=O)O)c2)cc1. The molecule has 5 heteroatoms. The van der Waals surface area contributed by atoms with Crippen LogP contribution in [0.4, 0.5) is 0 Å². The van der Waals surface area contributed by atoms with Crippen molar-refractivity contribution in [1.82, 2.24) is 0 Å². The fourth-order valence-corrected chi connectivity index (χ4v) is 1.67. The molecule has 1 N–H and O–H groups in total. The first-order valence-corrected chi connectivity index (χ1v) is 6.14. The van der Waals surface area contributed by atoms with Gasteiger partial charge in [-0.3, -0.25) is 0 Å². The van der Waals surface area contributed by atoms with Crippen LogP contribution in [0.1, 0.15) is 36.6 Å². The molecular formula is C16H12O5. The van der Waals surface area contributed by atoms with Crippen LogP contribution in [0, 0.1) is 6.92 Å². The van der Waals surface area contributed by atoms with Crippen molar-refractivity contribution in [2.45, 2.75) is 6.92 Å². The van der Waals surface area contributed by atoms with Crippen LogP contribution < -0.4 is 0 Å². The first-order chi connectivity index (χ1) is 9.97. The fourth-order valence-electron chi connectivity index (χ4n) is 1.67. The lowest BCUT2D eigenvalue weighted by molar-refractivity contribution is 0.0397. The third-order valence-electron chi connectivity index (χ3n) is 2.82. The number of ether oxygens (including phenoxy) is 1. The molecule has 0 atom stereocenters. The van der Waals surface area contributed by atoms with E-state index in [0.717, 1.165) is 11.6 Å². The van der Waals surface area contributed by atoms with E-state index in [1.54, 1.807) is 24.3 Å². The van der Waals surface area contributed by atoms with Crippen LogP contribution in [0.2, 0.25) is 0 Å². The second-order valence-corrected chi connectivity index (χ2v) is 4.43. The molecule has 0 saturated carbocycles. The van der Waals surface area contributed by atoms with E-state index < -0.39 is 17.9 Å². The Morgan fingerprint density at radius 1 is 0.857 bits per heavy atom. The summed E-state index contributed by atoms with van der Waals surface area (Å²) in [4.78, 5) is 34.5. The molecule has 0 saturated heterocycles. The van der Waals surface area contributed by atoms with E-state index in [-0.39, 0.29) is 16.7 Å². The standard InChI is InChI=1S/C16H12O5/c1-10-5-7-11(8-6-10)15(19)21-16(20)13-4-2-3-12(9-13)14(17)18/h2-9H,1H3,(H,17,18). The van der Waals surface area contributed by atoms with Crippen molar-refractivity contribution in [1.29, 1.82) is 0 Å². The summed E-state index contributed by atoms with van der Waals surface area (Å²) in [6.07, 6.45) is 0. The largest absolute Gasteiger partial charge is 0.478 e. The van der Waals surface area contributed by atoms with Crippen molar-refractivity contribution < 1.29 is 24.2 Å². The number of carboxylic acid groups (broad SMARTS) is 1. The Kier molecular flexibility index (Phi) is 4.13. The minimum absolute atomic E-state index is 0.00959. The molecule has 2 rings (SSSR count). The predicted molar refractivity (Wildman–Crippen MR) is 74.3 cm³/mol. The van der Waals surface area contributed by atoms with Gasteiger partial charge in [-0.15, -0.1) is 0 Å². The average Bonchev–Trinajstić information content (AvgIpc) is 2.48. The van der Waals surface area contributed by atoms with Crippen molar-refractivity contribution in [3.05, 3.63) is 70.8 Å². The summed E-state index contributed by atoms with van der Waals surface area (Å²) < 4.78 is 4.73. The molecule has 2 aromatic rings. The van der Waals surface area contributed by atoms with Gasteiger partial charge in [0.05, 0.1) is 16.7 Å². The van der Waals surface area contributed by atoms with Gasteiger partial charge in [-0.2, -0.15) is 0 Å². The van der Waals surface area contributed by atoms with Crippen molar-refractivity contribution in [2.75, 3.05) is 0 Å². The molecule has 0 aromatic heterocycles. The Balaban J connectivity index is 2.14. The van der Waals surface area contributed by atoms with Crippen LogP contribution in [-0.4, -0.2) is 23.0 Å². The van der Waals surface area contributed by atoms with Crippen LogP contribution in [0.5, 0.6) is 0 Å². The van der Waals surface area contributed by atoms with Gasteiger partial charge in [-0.1, -0.05) is 23.8 Å². The zero-order valence-electron chi connectivity index (χ0n) is 11.2. The Hall–Kier alpha value is -2.95. The third-order valence-corrected chi connectivity index (χ3v) is 2.82. The van der Waals surface area contributed by atoms with Gasteiger partial charge in [0.2, 0.25) is 0 Å². The first kappa shape index (κ1) is 14.5. The van der Waals surface area contributed by atoms with Crippen LogP contribution in [0.15, 0.2) is 48.5 Å². The summed E-state index contributed by atoms with van der Waals surface area (Å²) in [5.41, 5.74) is 1.19. The van der Waals surface area contributed by atoms with Crippen LogP contribution >= 0.6 is 0 Å². The van der Waals surface area contributed by atoms with Gasteiger partial charge < -0.3 is 9.84 Å². The quantitative estimate of drug-likeness (QED) is 0.692. The van der Waals surface area contributed by atoms with Gasteiger partial charge in [0, 0.05) is 0 Å². The van der Waals surface area contributed by atoms with Crippen molar-refractivity contribution >= 4 is 17.9 Å². The number of rotatable bonds is 3. The highest BCUT2D eigenvalue weighted by Gasteiger charge is 2.16. The highest BCUT2D eigenvalue weighted by molar-refractivity contribution is 6.03. The lowest BCUT2D eigenvalue weighted by Crippen LogP contribution is -2.13. The van der Waals surface area contributed by atoms with Gasteiger partial charge in [-0.05, 0) is 37.3 Å².